The molecule has 9 nitrogen and oxygen atoms in total. The Hall–Kier alpha value is -3.17. The second-order valence-electron chi connectivity index (χ2n) is 9.84. The van der Waals surface area contributed by atoms with Crippen LogP contribution in [-0.4, -0.2) is 62.8 Å². The van der Waals surface area contributed by atoms with Crippen LogP contribution in [0.3, 0.4) is 0 Å². The summed E-state index contributed by atoms with van der Waals surface area (Å²) in [5.41, 5.74) is 3.80. The van der Waals surface area contributed by atoms with Crippen molar-refractivity contribution >= 4 is 29.0 Å². The molecule has 5 rings (SSSR count). The largest absolute Gasteiger partial charge is 0.507 e. The number of rotatable bonds is 3. The number of phenolic OH excluding ortho intramolecular Hbond substituents is 1. The second kappa shape index (κ2) is 7.95. The lowest BCUT2D eigenvalue weighted by atomic mass is 9.54. The Bertz CT molecular complexity index is 1170. The molecule has 0 spiro atoms. The van der Waals surface area contributed by atoms with Gasteiger partial charge in [0.1, 0.15) is 5.75 Å². The normalized spacial score (nSPS) is 33.3. The van der Waals surface area contributed by atoms with Crippen molar-refractivity contribution in [3.63, 3.8) is 0 Å². The number of aliphatic hydroxyl groups is 1. The predicted octanol–water partition coefficient (Wildman–Crippen LogP) is 0.0888. The van der Waals surface area contributed by atoms with Gasteiger partial charge in [0.15, 0.2) is 34.7 Å². The Morgan fingerprint density at radius 1 is 1.12 bits per heavy atom. The van der Waals surface area contributed by atoms with Crippen LogP contribution in [0, 0.1) is 23.7 Å². The van der Waals surface area contributed by atoms with Crippen molar-refractivity contribution in [3.8, 4) is 5.75 Å². The second-order valence-corrected chi connectivity index (χ2v) is 9.84. The molecule has 2 saturated carbocycles. The average Bonchev–Trinajstić information content (AvgIpc) is 2.78. The van der Waals surface area contributed by atoms with Crippen LogP contribution in [0.15, 0.2) is 24.3 Å². The van der Waals surface area contributed by atoms with Crippen molar-refractivity contribution in [1.29, 1.82) is 0 Å². The van der Waals surface area contributed by atoms with Crippen molar-refractivity contribution in [1.82, 2.24) is 4.90 Å². The summed E-state index contributed by atoms with van der Waals surface area (Å²) in [4.78, 5) is 66.2. The van der Waals surface area contributed by atoms with Crippen LogP contribution in [-0.2, 0) is 32.1 Å². The van der Waals surface area contributed by atoms with Crippen molar-refractivity contribution in [2.24, 2.45) is 29.4 Å². The minimum atomic E-state index is -2.62. The Kier molecular flexibility index (Phi) is 5.29. The molecule has 2 unspecified atom stereocenters. The van der Waals surface area contributed by atoms with E-state index in [1.54, 1.807) is 12.1 Å². The smallest absolute Gasteiger partial charge is 0.235 e. The number of hydrogen-bond acceptors (Lipinski definition) is 8. The molecule has 2 fully saturated rings. The highest BCUT2D eigenvalue weighted by Gasteiger charge is 2.66. The third-order valence-electron chi connectivity index (χ3n) is 7.89. The molecule has 1 amide bonds. The summed E-state index contributed by atoms with van der Waals surface area (Å²) in [6.45, 7) is 1.98. The number of hydrogen-bond donors (Lipinski definition) is 3. The number of aromatic hydroxyl groups is 1. The first-order valence-corrected chi connectivity index (χ1v) is 11.5. The van der Waals surface area contributed by atoms with E-state index < -0.39 is 58.3 Å². The molecule has 178 valence electrons. The van der Waals surface area contributed by atoms with E-state index >= 15 is 0 Å². The number of carbonyl (C=O) groups is 5. The molecule has 9 heteroatoms. The minimum absolute atomic E-state index is 0.0486. The monoisotopic (exact) mass is 466 g/mol. The summed E-state index contributed by atoms with van der Waals surface area (Å²) < 4.78 is 0. The number of carbonyl (C=O) groups excluding carboxylic acids is 5. The van der Waals surface area contributed by atoms with E-state index in [4.69, 9.17) is 5.73 Å². The molecule has 0 radical (unpaired) electrons. The van der Waals surface area contributed by atoms with Crippen LogP contribution in [0.5, 0.6) is 5.75 Å². The third kappa shape index (κ3) is 3.18. The number of amides is 1. The quantitative estimate of drug-likeness (QED) is 0.418. The van der Waals surface area contributed by atoms with E-state index in [9.17, 15) is 34.2 Å². The number of nitrogens with two attached hydrogens (primary N) is 1. The van der Waals surface area contributed by atoms with Crippen LogP contribution in [0.1, 0.15) is 40.7 Å². The number of ketones is 4. The number of benzene rings is 1. The lowest BCUT2D eigenvalue weighted by Crippen LogP contribution is -2.68. The molecular formula is C25H26N2O7. The van der Waals surface area contributed by atoms with Gasteiger partial charge < -0.3 is 15.9 Å². The highest BCUT2D eigenvalue weighted by molar-refractivity contribution is 6.31. The minimum Gasteiger partial charge on any atom is -0.507 e. The van der Waals surface area contributed by atoms with Crippen molar-refractivity contribution in [2.75, 3.05) is 13.1 Å². The molecule has 0 saturated heterocycles. The molecule has 1 aromatic rings. The molecule has 4 N–H and O–H groups in total. The fourth-order valence-corrected chi connectivity index (χ4v) is 6.19. The van der Waals surface area contributed by atoms with Crippen molar-refractivity contribution in [2.45, 2.75) is 37.8 Å². The van der Waals surface area contributed by atoms with Crippen molar-refractivity contribution in [3.05, 3.63) is 41.0 Å². The van der Waals surface area contributed by atoms with Gasteiger partial charge in [-0.1, -0.05) is 24.3 Å². The average molecular weight is 466 g/mol. The molecule has 34 heavy (non-hydrogen) atoms. The van der Waals surface area contributed by atoms with Crippen LogP contribution in [0.25, 0.3) is 0 Å². The van der Waals surface area contributed by atoms with Gasteiger partial charge in [-0.3, -0.25) is 28.9 Å². The van der Waals surface area contributed by atoms with E-state index in [0.29, 0.717) is 24.1 Å². The Morgan fingerprint density at radius 2 is 1.88 bits per heavy atom. The molecule has 0 aromatic heterocycles. The summed E-state index contributed by atoms with van der Waals surface area (Å²) in [7, 11) is 0. The fraction of sp³-hybridized carbons (Fsp3) is 0.480. The van der Waals surface area contributed by atoms with Crippen LogP contribution in [0.4, 0.5) is 0 Å². The van der Waals surface area contributed by atoms with Gasteiger partial charge in [-0.05, 0) is 30.7 Å². The first-order valence-electron chi connectivity index (χ1n) is 11.5. The molecule has 1 aliphatic heterocycles. The summed E-state index contributed by atoms with van der Waals surface area (Å²) in [5.74, 6) is -9.74. The first-order chi connectivity index (χ1) is 16.1. The van der Waals surface area contributed by atoms with Gasteiger partial charge in [-0.25, -0.2) is 0 Å². The van der Waals surface area contributed by atoms with Gasteiger partial charge in [0, 0.05) is 37.5 Å². The maximum atomic E-state index is 13.5. The molecule has 1 heterocycles. The Morgan fingerprint density at radius 3 is 2.56 bits per heavy atom. The zero-order chi connectivity index (χ0) is 24.4. The van der Waals surface area contributed by atoms with Crippen LogP contribution in [0.2, 0.25) is 0 Å². The molecule has 1 aromatic carbocycles. The molecule has 3 aliphatic carbocycles. The van der Waals surface area contributed by atoms with Gasteiger partial charge in [0.05, 0.1) is 11.5 Å². The van der Waals surface area contributed by atoms with Gasteiger partial charge in [-0.2, -0.15) is 0 Å². The van der Waals surface area contributed by atoms with E-state index in [1.165, 1.54) is 0 Å². The highest BCUT2D eigenvalue weighted by Crippen LogP contribution is 2.50. The number of fused-ring (bicyclic) bond motifs is 3. The van der Waals surface area contributed by atoms with Gasteiger partial charge in [0.2, 0.25) is 5.91 Å². The lowest BCUT2D eigenvalue weighted by Gasteiger charge is -2.48. The zero-order valence-corrected chi connectivity index (χ0v) is 18.5. The Balaban J connectivity index is 1.50. The SMILES string of the molecule is NC(=O)C1C(=O)C[C@@H]2C[C@@H]3Cc4ccc(CN5CC=CCC5)c(O)c4C(=O)C3C(=O)[C@]2(O)C1=O. The van der Waals surface area contributed by atoms with Gasteiger partial charge in [-0.15, -0.1) is 0 Å². The maximum absolute atomic E-state index is 13.5. The summed E-state index contributed by atoms with van der Waals surface area (Å²) >= 11 is 0. The maximum Gasteiger partial charge on any atom is 0.235 e. The molecule has 0 bridgehead atoms. The van der Waals surface area contributed by atoms with E-state index in [1.807, 2.05) is 6.08 Å². The van der Waals surface area contributed by atoms with E-state index in [2.05, 4.69) is 11.0 Å². The summed E-state index contributed by atoms with van der Waals surface area (Å²) in [5, 5.41) is 22.2. The predicted molar refractivity (Wildman–Crippen MR) is 118 cm³/mol. The van der Waals surface area contributed by atoms with Gasteiger partial charge >= 0.3 is 0 Å². The number of nitrogens with zero attached hydrogens (tertiary/aromatic N) is 1. The molecule has 4 aliphatic rings. The number of primary amides is 1. The topological polar surface area (TPSA) is 155 Å². The number of phenols is 1. The zero-order valence-electron chi connectivity index (χ0n) is 18.5. The molecule has 5 atom stereocenters. The third-order valence-corrected chi connectivity index (χ3v) is 7.89. The fourth-order valence-electron chi connectivity index (χ4n) is 6.19. The number of Topliss-reactive ketones (excluding diaryl/α,β-unsaturated/α-hetero) is 4. The van der Waals surface area contributed by atoms with Crippen LogP contribution >= 0.6 is 0 Å². The first kappa shape index (κ1) is 22.6. The van der Waals surface area contributed by atoms with Gasteiger partial charge in [0.25, 0.3) is 0 Å². The lowest BCUT2D eigenvalue weighted by molar-refractivity contribution is -0.175. The van der Waals surface area contributed by atoms with Crippen LogP contribution < -0.4 is 5.73 Å². The Labute approximate surface area is 195 Å². The summed E-state index contributed by atoms with van der Waals surface area (Å²) in [6, 6.07) is 3.57. The van der Waals surface area contributed by atoms with E-state index in [0.717, 1.165) is 19.5 Å². The standard InChI is InChI=1S/C25H26N2O7/c26-24(33)19-16(28)10-15-9-14-8-12-4-5-13(11-27-6-2-1-3-7-27)20(29)17(12)21(30)18(14)22(31)25(15,34)23(19)32/h1-2,4-5,14-15,18-19,29,34H,3,6-11H2,(H2,26,33)/t14-,15-,18?,19?,25-/m0/s1. The molecular weight excluding hydrogens is 440 g/mol. The van der Waals surface area contributed by atoms with E-state index in [-0.39, 0.29) is 24.2 Å². The summed E-state index contributed by atoms with van der Waals surface area (Å²) in [6.07, 6.45) is 5.09. The van der Waals surface area contributed by atoms with Crippen molar-refractivity contribution < 1.29 is 34.2 Å². The highest BCUT2D eigenvalue weighted by atomic mass is 16.3.